The van der Waals surface area contributed by atoms with Crippen molar-refractivity contribution >= 4 is 23.4 Å². The maximum atomic E-state index is 12.9. The van der Waals surface area contributed by atoms with Crippen molar-refractivity contribution in [1.29, 1.82) is 0 Å². The number of benzene rings is 1. The summed E-state index contributed by atoms with van der Waals surface area (Å²) in [5.41, 5.74) is 3.03. The van der Waals surface area contributed by atoms with Crippen molar-refractivity contribution in [2.75, 3.05) is 11.9 Å². The van der Waals surface area contributed by atoms with Gasteiger partial charge in [-0.05, 0) is 67.2 Å². The van der Waals surface area contributed by atoms with E-state index in [-0.39, 0.29) is 54.4 Å². The van der Waals surface area contributed by atoms with Crippen molar-refractivity contribution in [1.82, 2.24) is 4.90 Å². The van der Waals surface area contributed by atoms with Crippen LogP contribution in [0.15, 0.2) is 30.4 Å². The molecule has 1 N–H and O–H groups in total. The van der Waals surface area contributed by atoms with Gasteiger partial charge in [0.05, 0.1) is 11.8 Å². The van der Waals surface area contributed by atoms with Crippen LogP contribution in [-0.4, -0.2) is 29.2 Å². The monoisotopic (exact) mass is 364 g/mol. The Morgan fingerprint density at radius 2 is 1.67 bits per heavy atom. The number of aryl methyl sites for hydroxylation is 2. The van der Waals surface area contributed by atoms with Gasteiger partial charge >= 0.3 is 0 Å². The number of carbonyl (C=O) groups is 3. The van der Waals surface area contributed by atoms with Crippen LogP contribution < -0.4 is 5.32 Å². The highest BCUT2D eigenvalue weighted by Crippen LogP contribution is 2.65. The fourth-order valence-corrected chi connectivity index (χ4v) is 5.50. The number of hydrogen-bond acceptors (Lipinski definition) is 3. The number of imide groups is 1. The molecule has 6 atom stereocenters. The topological polar surface area (TPSA) is 66.5 Å². The highest BCUT2D eigenvalue weighted by molar-refractivity contribution is 6.06. The Morgan fingerprint density at radius 1 is 1.04 bits per heavy atom. The third-order valence-electron chi connectivity index (χ3n) is 7.11. The summed E-state index contributed by atoms with van der Waals surface area (Å²) in [6, 6.07) is 5.78. The summed E-state index contributed by atoms with van der Waals surface area (Å²) in [5.74, 6) is 1.02. The van der Waals surface area contributed by atoms with Gasteiger partial charge in [0.2, 0.25) is 17.7 Å². The van der Waals surface area contributed by atoms with Crippen LogP contribution in [0.5, 0.6) is 0 Å². The van der Waals surface area contributed by atoms with Crippen molar-refractivity contribution in [2.45, 2.75) is 26.7 Å². The predicted octanol–water partition coefficient (Wildman–Crippen LogP) is 2.69. The normalized spacial score (nSPS) is 35.3. The summed E-state index contributed by atoms with van der Waals surface area (Å²) in [6.45, 7) is 4.20. The molecule has 140 valence electrons. The van der Waals surface area contributed by atoms with E-state index < -0.39 is 0 Å². The summed E-state index contributed by atoms with van der Waals surface area (Å²) in [5, 5.41) is 2.87. The number of likely N-dealkylation sites (tertiary alicyclic amines) is 1. The second-order valence-electron chi connectivity index (χ2n) is 8.58. The SMILES string of the molecule is Cc1ccc(NC(=O)CCN2C(=O)[C@@H]3[C@H]4C=C[C@@H]([C@@H]5C[C@H]45)[C@H]3C2=O)cc1C. The van der Waals surface area contributed by atoms with E-state index in [9.17, 15) is 14.4 Å². The molecular formula is C22H24N2O3. The average molecular weight is 364 g/mol. The van der Waals surface area contributed by atoms with Crippen molar-refractivity contribution in [3.8, 4) is 0 Å². The average Bonchev–Trinajstić information content (AvgIpc) is 3.42. The molecule has 0 spiro atoms. The minimum atomic E-state index is -0.181. The second-order valence-corrected chi connectivity index (χ2v) is 8.58. The maximum Gasteiger partial charge on any atom is 0.233 e. The van der Waals surface area contributed by atoms with Crippen LogP contribution in [0.3, 0.4) is 0 Å². The van der Waals surface area contributed by atoms with Crippen LogP contribution in [0.1, 0.15) is 24.0 Å². The highest BCUT2D eigenvalue weighted by atomic mass is 16.2. The van der Waals surface area contributed by atoms with E-state index >= 15 is 0 Å². The third-order valence-corrected chi connectivity index (χ3v) is 7.11. The molecule has 2 bridgehead atoms. The molecule has 6 rings (SSSR count). The van der Waals surface area contributed by atoms with E-state index in [0.717, 1.165) is 17.7 Å². The smallest absolute Gasteiger partial charge is 0.233 e. The van der Waals surface area contributed by atoms with Gasteiger partial charge in [0.25, 0.3) is 0 Å². The quantitative estimate of drug-likeness (QED) is 0.660. The molecular weight excluding hydrogens is 340 g/mol. The van der Waals surface area contributed by atoms with Gasteiger partial charge in [-0.3, -0.25) is 19.3 Å². The van der Waals surface area contributed by atoms with Crippen molar-refractivity contribution in [3.63, 3.8) is 0 Å². The number of carbonyl (C=O) groups excluding carboxylic acids is 3. The van der Waals surface area contributed by atoms with Crippen LogP contribution in [-0.2, 0) is 14.4 Å². The van der Waals surface area contributed by atoms with Crippen LogP contribution in [0.25, 0.3) is 0 Å². The Labute approximate surface area is 158 Å². The van der Waals surface area contributed by atoms with E-state index in [1.807, 2.05) is 32.0 Å². The fraction of sp³-hybridized carbons (Fsp3) is 0.500. The van der Waals surface area contributed by atoms with Crippen LogP contribution >= 0.6 is 0 Å². The first kappa shape index (κ1) is 16.7. The summed E-state index contributed by atoms with van der Waals surface area (Å²) >= 11 is 0. The van der Waals surface area contributed by atoms with Gasteiger partial charge in [0.15, 0.2) is 0 Å². The van der Waals surface area contributed by atoms with E-state index in [2.05, 4.69) is 17.5 Å². The number of hydrogen-bond donors (Lipinski definition) is 1. The molecule has 1 saturated heterocycles. The fourth-order valence-electron chi connectivity index (χ4n) is 5.50. The summed E-state index contributed by atoms with van der Waals surface area (Å²) in [4.78, 5) is 39.5. The van der Waals surface area contributed by atoms with E-state index in [1.54, 1.807) is 0 Å². The highest BCUT2D eigenvalue weighted by Gasteiger charge is 2.66. The van der Waals surface area contributed by atoms with Gasteiger partial charge in [-0.1, -0.05) is 18.2 Å². The second kappa shape index (κ2) is 5.78. The zero-order chi connectivity index (χ0) is 18.9. The molecule has 1 aromatic rings. The van der Waals surface area contributed by atoms with Crippen LogP contribution in [0.2, 0.25) is 0 Å². The van der Waals surface area contributed by atoms with Gasteiger partial charge in [-0.2, -0.15) is 0 Å². The largest absolute Gasteiger partial charge is 0.326 e. The van der Waals surface area contributed by atoms with E-state index in [1.165, 1.54) is 10.5 Å². The molecule has 0 radical (unpaired) electrons. The van der Waals surface area contributed by atoms with E-state index in [4.69, 9.17) is 0 Å². The lowest BCUT2D eigenvalue weighted by molar-refractivity contribution is -0.140. The third kappa shape index (κ3) is 2.47. The molecule has 4 aliphatic carbocycles. The minimum Gasteiger partial charge on any atom is -0.326 e. The molecule has 2 saturated carbocycles. The molecule has 5 heteroatoms. The van der Waals surface area contributed by atoms with Crippen molar-refractivity contribution in [2.24, 2.45) is 35.5 Å². The molecule has 3 fully saturated rings. The Kier molecular flexibility index (Phi) is 3.58. The Balaban J connectivity index is 1.24. The first-order chi connectivity index (χ1) is 13.0. The van der Waals surface area contributed by atoms with Crippen LogP contribution in [0.4, 0.5) is 5.69 Å². The lowest BCUT2D eigenvalue weighted by Crippen LogP contribution is -2.40. The molecule has 0 unspecified atom stereocenters. The Morgan fingerprint density at radius 3 is 2.26 bits per heavy atom. The Bertz CT molecular complexity index is 854. The maximum absolute atomic E-state index is 12.9. The summed E-state index contributed by atoms with van der Waals surface area (Å²) in [7, 11) is 0. The number of anilines is 1. The zero-order valence-corrected chi connectivity index (χ0v) is 15.6. The van der Waals surface area contributed by atoms with Gasteiger partial charge in [0, 0.05) is 18.7 Å². The number of nitrogens with one attached hydrogen (secondary N) is 1. The first-order valence-electron chi connectivity index (χ1n) is 9.86. The predicted molar refractivity (Wildman–Crippen MR) is 101 cm³/mol. The number of nitrogens with zero attached hydrogens (tertiary/aromatic N) is 1. The molecule has 1 aromatic carbocycles. The Hall–Kier alpha value is -2.43. The number of allylic oxidation sites excluding steroid dienone is 2. The van der Waals surface area contributed by atoms with Crippen LogP contribution in [0, 0.1) is 49.4 Å². The molecule has 5 nitrogen and oxygen atoms in total. The summed E-state index contributed by atoms with van der Waals surface area (Å²) < 4.78 is 0. The lowest BCUT2D eigenvalue weighted by atomic mass is 9.63. The molecule has 3 amide bonds. The van der Waals surface area contributed by atoms with E-state index in [0.29, 0.717) is 11.8 Å². The van der Waals surface area contributed by atoms with Crippen molar-refractivity contribution < 1.29 is 14.4 Å². The summed E-state index contributed by atoms with van der Waals surface area (Å²) in [6.07, 6.45) is 5.63. The minimum absolute atomic E-state index is 0.0614. The van der Waals surface area contributed by atoms with Gasteiger partial charge in [-0.25, -0.2) is 0 Å². The molecule has 27 heavy (non-hydrogen) atoms. The molecule has 1 aliphatic heterocycles. The number of rotatable bonds is 4. The van der Waals surface area contributed by atoms with Gasteiger partial charge < -0.3 is 5.32 Å². The molecule has 0 aromatic heterocycles. The molecule has 1 heterocycles. The molecule has 5 aliphatic rings. The first-order valence-corrected chi connectivity index (χ1v) is 9.86. The van der Waals surface area contributed by atoms with Gasteiger partial charge in [-0.15, -0.1) is 0 Å². The standard InChI is InChI=1S/C22H24N2O3/c1-11-3-4-13(9-12(11)2)23-18(25)7-8-24-21(26)19-14-5-6-15(17-10-16(14)17)20(19)22(24)27/h3-6,9,14-17,19-20H,7-8,10H2,1-2H3,(H,23,25)/t14-,15-,16-,17+,19+,20+/m0/s1. The van der Waals surface area contributed by atoms with Crippen molar-refractivity contribution in [3.05, 3.63) is 41.5 Å². The lowest BCUT2D eigenvalue weighted by Gasteiger charge is -2.37. The van der Waals surface area contributed by atoms with Gasteiger partial charge in [0.1, 0.15) is 0 Å². The number of amides is 3. The zero-order valence-electron chi connectivity index (χ0n) is 15.6.